The van der Waals surface area contributed by atoms with Crippen LogP contribution in [0.3, 0.4) is 0 Å². The largest absolute Gasteiger partial charge is 0.417 e. The zero-order valence-electron chi connectivity index (χ0n) is 11.1. The Morgan fingerprint density at radius 2 is 2.00 bits per heavy atom. The van der Waals surface area contributed by atoms with Gasteiger partial charge in [0.2, 0.25) is 0 Å². The lowest BCUT2D eigenvalue weighted by molar-refractivity contribution is -0.137. The quantitative estimate of drug-likeness (QED) is 0.811. The van der Waals surface area contributed by atoms with Crippen molar-refractivity contribution in [3.8, 4) is 0 Å². The summed E-state index contributed by atoms with van der Waals surface area (Å²) in [5.74, 6) is 0. The zero-order valence-corrected chi connectivity index (χ0v) is 11.9. The van der Waals surface area contributed by atoms with Crippen molar-refractivity contribution in [2.45, 2.75) is 19.5 Å². The molecule has 0 aliphatic carbocycles. The summed E-state index contributed by atoms with van der Waals surface area (Å²) in [5.41, 5.74) is 6.45. The second-order valence-electron chi connectivity index (χ2n) is 4.39. The monoisotopic (exact) mass is 315 g/mol. The van der Waals surface area contributed by atoms with E-state index in [4.69, 9.17) is 17.3 Å². The van der Waals surface area contributed by atoms with Crippen LogP contribution in [-0.2, 0) is 12.6 Å². The molecule has 1 aromatic heterocycles. The van der Waals surface area contributed by atoms with Gasteiger partial charge in [-0.2, -0.15) is 13.2 Å². The van der Waals surface area contributed by atoms with Gasteiger partial charge < -0.3 is 11.1 Å². The van der Waals surface area contributed by atoms with E-state index in [1.54, 1.807) is 18.3 Å². The van der Waals surface area contributed by atoms with Crippen molar-refractivity contribution in [1.82, 2.24) is 4.98 Å². The summed E-state index contributed by atoms with van der Waals surface area (Å²) in [7, 11) is 0. The van der Waals surface area contributed by atoms with Crippen LogP contribution in [0.2, 0.25) is 5.02 Å². The molecule has 7 heteroatoms. The Kier molecular flexibility index (Phi) is 4.27. The number of benzene rings is 1. The highest BCUT2D eigenvalue weighted by atomic mass is 35.5. The first kappa shape index (κ1) is 15.4. The predicted molar refractivity (Wildman–Crippen MR) is 77.8 cm³/mol. The minimum Gasteiger partial charge on any atom is -0.397 e. The number of halogens is 4. The highest BCUT2D eigenvalue weighted by Crippen LogP contribution is 2.39. The van der Waals surface area contributed by atoms with Crippen molar-refractivity contribution in [2.75, 3.05) is 11.1 Å². The van der Waals surface area contributed by atoms with Crippen molar-refractivity contribution >= 4 is 28.7 Å². The third-order valence-electron chi connectivity index (χ3n) is 2.94. The number of aromatic nitrogens is 1. The van der Waals surface area contributed by atoms with Crippen molar-refractivity contribution in [3.05, 3.63) is 46.7 Å². The first-order valence-corrected chi connectivity index (χ1v) is 6.58. The molecular formula is C14H13ClF3N3. The zero-order chi connectivity index (χ0) is 15.6. The average Bonchev–Trinajstić information content (AvgIpc) is 2.41. The lowest BCUT2D eigenvalue weighted by atomic mass is 10.1. The average molecular weight is 316 g/mol. The maximum atomic E-state index is 12.9. The number of nitrogens with zero attached hydrogens (tertiary/aromatic N) is 1. The van der Waals surface area contributed by atoms with Crippen LogP contribution < -0.4 is 11.1 Å². The molecule has 0 spiro atoms. The van der Waals surface area contributed by atoms with Crippen molar-refractivity contribution in [2.24, 2.45) is 0 Å². The Balaban J connectivity index is 2.45. The molecule has 21 heavy (non-hydrogen) atoms. The van der Waals surface area contributed by atoms with E-state index in [1.165, 1.54) is 0 Å². The van der Waals surface area contributed by atoms with Gasteiger partial charge in [0.05, 0.1) is 33.3 Å². The first-order chi connectivity index (χ1) is 9.82. The van der Waals surface area contributed by atoms with E-state index < -0.39 is 16.8 Å². The molecule has 0 fully saturated rings. The molecule has 0 aliphatic rings. The van der Waals surface area contributed by atoms with Gasteiger partial charge in [-0.05, 0) is 30.7 Å². The van der Waals surface area contributed by atoms with Crippen LogP contribution in [0.25, 0.3) is 0 Å². The number of nitrogen functional groups attached to an aromatic ring is 1. The van der Waals surface area contributed by atoms with Gasteiger partial charge in [0, 0.05) is 6.20 Å². The Morgan fingerprint density at radius 1 is 1.29 bits per heavy atom. The summed E-state index contributed by atoms with van der Waals surface area (Å²) in [6.45, 7) is 1.90. The summed E-state index contributed by atoms with van der Waals surface area (Å²) < 4.78 is 38.6. The fraction of sp³-hybridized carbons (Fsp3) is 0.214. The van der Waals surface area contributed by atoms with E-state index in [2.05, 4.69) is 10.3 Å². The summed E-state index contributed by atoms with van der Waals surface area (Å²) in [6.07, 6.45) is -2.27. The van der Waals surface area contributed by atoms with Crippen LogP contribution in [0.4, 0.5) is 30.2 Å². The molecule has 1 heterocycles. The van der Waals surface area contributed by atoms with Gasteiger partial charge in [-0.3, -0.25) is 4.98 Å². The second-order valence-corrected chi connectivity index (χ2v) is 4.80. The van der Waals surface area contributed by atoms with Crippen molar-refractivity contribution in [3.63, 3.8) is 0 Å². The molecule has 0 bridgehead atoms. The SMILES string of the molecule is CCc1ncccc1Nc1cc(C(F)(F)F)c(Cl)cc1N. The molecule has 112 valence electrons. The highest BCUT2D eigenvalue weighted by molar-refractivity contribution is 6.32. The maximum Gasteiger partial charge on any atom is 0.417 e. The van der Waals surface area contributed by atoms with Crippen LogP contribution in [-0.4, -0.2) is 4.98 Å². The molecule has 1 aromatic carbocycles. The number of hydrogen-bond acceptors (Lipinski definition) is 3. The van der Waals surface area contributed by atoms with Crippen molar-refractivity contribution in [1.29, 1.82) is 0 Å². The first-order valence-electron chi connectivity index (χ1n) is 6.20. The van der Waals surface area contributed by atoms with Crippen LogP contribution in [0.15, 0.2) is 30.5 Å². The van der Waals surface area contributed by atoms with Crippen LogP contribution >= 0.6 is 11.6 Å². The smallest absolute Gasteiger partial charge is 0.397 e. The van der Waals surface area contributed by atoms with Gasteiger partial charge in [-0.25, -0.2) is 0 Å². The van der Waals surface area contributed by atoms with Gasteiger partial charge >= 0.3 is 6.18 Å². The van der Waals surface area contributed by atoms with Crippen LogP contribution in [0.1, 0.15) is 18.2 Å². The fourth-order valence-corrected chi connectivity index (χ4v) is 2.17. The van der Waals surface area contributed by atoms with Gasteiger partial charge in [0.25, 0.3) is 0 Å². The lowest BCUT2D eigenvalue weighted by Gasteiger charge is -2.16. The minimum atomic E-state index is -4.54. The number of nitrogens with one attached hydrogen (secondary N) is 1. The van der Waals surface area contributed by atoms with Crippen molar-refractivity contribution < 1.29 is 13.2 Å². The number of alkyl halides is 3. The Labute approximate surface area is 124 Å². The number of pyridine rings is 1. The van der Waals surface area contributed by atoms with E-state index in [9.17, 15) is 13.2 Å². The number of nitrogens with two attached hydrogens (primary N) is 1. The molecule has 0 amide bonds. The standard InChI is InChI=1S/C14H13ClF3N3/c1-2-11-12(4-3-5-20-11)21-13-6-8(14(16,17)18)9(15)7-10(13)19/h3-7,21H,2,19H2,1H3. The molecule has 0 unspecified atom stereocenters. The molecule has 3 nitrogen and oxygen atoms in total. The van der Waals surface area contributed by atoms with Gasteiger partial charge in [0.1, 0.15) is 0 Å². The van der Waals surface area contributed by atoms with E-state index in [0.717, 1.165) is 17.8 Å². The molecule has 2 rings (SSSR count). The van der Waals surface area contributed by atoms with Gasteiger partial charge in [-0.15, -0.1) is 0 Å². The van der Waals surface area contributed by atoms with E-state index in [-0.39, 0.29) is 11.4 Å². The second kappa shape index (κ2) is 5.81. The molecule has 0 radical (unpaired) electrons. The molecular weight excluding hydrogens is 303 g/mol. The Hall–Kier alpha value is -1.95. The summed E-state index contributed by atoms with van der Waals surface area (Å²) in [5, 5.41) is 2.46. The number of aryl methyl sites for hydroxylation is 1. The van der Waals surface area contributed by atoms with Crippen LogP contribution in [0, 0.1) is 0 Å². The summed E-state index contributed by atoms with van der Waals surface area (Å²) in [4.78, 5) is 4.16. The minimum absolute atomic E-state index is 0.138. The molecule has 0 aliphatic heterocycles. The molecule has 0 saturated carbocycles. The number of rotatable bonds is 3. The fourth-order valence-electron chi connectivity index (χ4n) is 1.89. The molecule has 3 N–H and O–H groups in total. The Morgan fingerprint density at radius 3 is 2.62 bits per heavy atom. The van der Waals surface area contributed by atoms with Gasteiger partial charge in [-0.1, -0.05) is 18.5 Å². The van der Waals surface area contributed by atoms with Gasteiger partial charge in [0.15, 0.2) is 0 Å². The molecule has 2 aromatic rings. The molecule has 0 saturated heterocycles. The van der Waals surface area contributed by atoms with E-state index in [0.29, 0.717) is 12.1 Å². The summed E-state index contributed by atoms with van der Waals surface area (Å²) in [6, 6.07) is 5.42. The van der Waals surface area contributed by atoms with Crippen LogP contribution in [0.5, 0.6) is 0 Å². The highest BCUT2D eigenvalue weighted by Gasteiger charge is 2.34. The predicted octanol–water partition coefficient (Wildman–Crippen LogP) is 4.64. The molecule has 0 atom stereocenters. The third kappa shape index (κ3) is 3.39. The number of anilines is 3. The normalized spacial score (nSPS) is 11.5. The number of hydrogen-bond donors (Lipinski definition) is 2. The van der Waals surface area contributed by atoms with E-state index >= 15 is 0 Å². The Bertz CT molecular complexity index is 656. The topological polar surface area (TPSA) is 50.9 Å². The summed E-state index contributed by atoms with van der Waals surface area (Å²) >= 11 is 5.61. The van der Waals surface area contributed by atoms with E-state index in [1.807, 2.05) is 6.92 Å². The lowest BCUT2D eigenvalue weighted by Crippen LogP contribution is -2.08. The maximum absolute atomic E-state index is 12.9. The third-order valence-corrected chi connectivity index (χ3v) is 3.25.